The standard InChI is InChI=1S/C17H17F3N6O3/c1-8-23-12(13(29-8)17(18,19)20)14(28)24-9-4-5-22-10(6-9)16(2)7-11(27)26(3)15(21)25-16/h4-6H,7H2,1-3H3,(H2,21,25)(H,22,24,28). The Kier molecular flexibility index (Phi) is 4.81. The number of pyridine rings is 1. The first kappa shape index (κ1) is 20.3. The molecule has 2 aromatic heterocycles. The number of halogens is 3. The Morgan fingerprint density at radius 2 is 2.10 bits per heavy atom. The maximum Gasteiger partial charge on any atom is 0.452 e. The van der Waals surface area contributed by atoms with Crippen LogP contribution in [0.25, 0.3) is 0 Å². The number of carbonyl (C=O) groups is 2. The lowest BCUT2D eigenvalue weighted by Gasteiger charge is -2.32. The van der Waals surface area contributed by atoms with E-state index < -0.39 is 29.1 Å². The summed E-state index contributed by atoms with van der Waals surface area (Å²) in [6.45, 7) is 2.85. The Balaban J connectivity index is 1.90. The van der Waals surface area contributed by atoms with Crippen LogP contribution >= 0.6 is 0 Å². The number of hydrogen-bond acceptors (Lipinski definition) is 7. The number of aryl methyl sites for hydroxylation is 1. The van der Waals surface area contributed by atoms with Crippen molar-refractivity contribution in [1.29, 1.82) is 0 Å². The van der Waals surface area contributed by atoms with Crippen molar-refractivity contribution in [3.8, 4) is 0 Å². The number of amides is 2. The lowest BCUT2D eigenvalue weighted by Crippen LogP contribution is -2.47. The fourth-order valence-electron chi connectivity index (χ4n) is 2.82. The first-order valence-electron chi connectivity index (χ1n) is 8.35. The van der Waals surface area contributed by atoms with Crippen molar-refractivity contribution >= 4 is 23.5 Å². The number of guanidine groups is 1. The number of nitrogens with zero attached hydrogens (tertiary/aromatic N) is 4. The van der Waals surface area contributed by atoms with Gasteiger partial charge in [0.25, 0.3) is 5.91 Å². The highest BCUT2D eigenvalue weighted by Gasteiger charge is 2.41. The van der Waals surface area contributed by atoms with Gasteiger partial charge in [0.2, 0.25) is 11.7 Å². The number of nitrogens with one attached hydrogen (secondary N) is 1. The monoisotopic (exact) mass is 410 g/mol. The molecule has 154 valence electrons. The van der Waals surface area contributed by atoms with Crippen LogP contribution in [0, 0.1) is 6.92 Å². The van der Waals surface area contributed by atoms with Gasteiger partial charge >= 0.3 is 6.18 Å². The van der Waals surface area contributed by atoms with E-state index >= 15 is 0 Å². The van der Waals surface area contributed by atoms with Crippen LogP contribution in [0.2, 0.25) is 0 Å². The number of nitrogens with two attached hydrogens (primary N) is 1. The van der Waals surface area contributed by atoms with Gasteiger partial charge in [-0.2, -0.15) is 13.2 Å². The summed E-state index contributed by atoms with van der Waals surface area (Å²) in [4.78, 5) is 37.7. The van der Waals surface area contributed by atoms with Crippen LogP contribution in [0.3, 0.4) is 0 Å². The smallest absolute Gasteiger partial charge is 0.436 e. The number of alkyl halides is 3. The summed E-state index contributed by atoms with van der Waals surface area (Å²) in [5.41, 5.74) is 4.26. The average molecular weight is 410 g/mol. The van der Waals surface area contributed by atoms with Crippen LogP contribution in [-0.4, -0.2) is 39.7 Å². The van der Waals surface area contributed by atoms with E-state index in [1.807, 2.05) is 0 Å². The van der Waals surface area contributed by atoms with Crippen LogP contribution in [0.5, 0.6) is 0 Å². The van der Waals surface area contributed by atoms with Crippen LogP contribution in [-0.2, 0) is 16.5 Å². The molecule has 2 amide bonds. The number of aromatic nitrogens is 2. The Morgan fingerprint density at radius 3 is 2.72 bits per heavy atom. The van der Waals surface area contributed by atoms with E-state index in [1.165, 1.54) is 37.2 Å². The van der Waals surface area contributed by atoms with Crippen molar-refractivity contribution in [2.24, 2.45) is 10.7 Å². The van der Waals surface area contributed by atoms with Crippen molar-refractivity contribution in [2.75, 3.05) is 12.4 Å². The van der Waals surface area contributed by atoms with Crippen LogP contribution in [0.15, 0.2) is 27.7 Å². The number of rotatable bonds is 3. The molecular weight excluding hydrogens is 393 g/mol. The van der Waals surface area contributed by atoms with Gasteiger partial charge in [-0.3, -0.25) is 19.5 Å². The third-order valence-electron chi connectivity index (χ3n) is 4.35. The zero-order chi connectivity index (χ0) is 21.6. The molecule has 1 atom stereocenters. The van der Waals surface area contributed by atoms with E-state index in [2.05, 4.69) is 24.7 Å². The molecule has 0 radical (unpaired) electrons. The molecule has 0 bridgehead atoms. The molecule has 1 aliphatic heterocycles. The second-order valence-electron chi connectivity index (χ2n) is 6.67. The maximum atomic E-state index is 13.0. The van der Waals surface area contributed by atoms with Crippen molar-refractivity contribution in [2.45, 2.75) is 32.0 Å². The molecule has 0 fully saturated rings. The largest absolute Gasteiger partial charge is 0.452 e. The number of anilines is 1. The Hall–Kier alpha value is -3.44. The molecule has 0 saturated heterocycles. The maximum absolute atomic E-state index is 13.0. The number of carbonyl (C=O) groups excluding carboxylic acids is 2. The third-order valence-corrected chi connectivity index (χ3v) is 4.35. The highest BCUT2D eigenvalue weighted by molar-refractivity contribution is 6.03. The van der Waals surface area contributed by atoms with Crippen molar-refractivity contribution in [3.05, 3.63) is 41.4 Å². The molecule has 9 nitrogen and oxygen atoms in total. The predicted molar refractivity (Wildman–Crippen MR) is 94.8 cm³/mol. The molecular formula is C17H17F3N6O3. The Labute approximate surface area is 162 Å². The molecule has 1 unspecified atom stereocenters. The van der Waals surface area contributed by atoms with Gasteiger partial charge < -0.3 is 15.5 Å². The normalized spacial score (nSPS) is 19.9. The molecule has 29 heavy (non-hydrogen) atoms. The molecule has 0 spiro atoms. The summed E-state index contributed by atoms with van der Waals surface area (Å²) in [6, 6.07) is 2.79. The van der Waals surface area contributed by atoms with E-state index in [0.29, 0.717) is 5.69 Å². The SMILES string of the molecule is Cc1nc(C(=O)Nc2ccnc(C3(C)CC(=O)N(C)C(N)=N3)c2)c(C(F)(F)F)o1. The van der Waals surface area contributed by atoms with E-state index in [9.17, 15) is 22.8 Å². The topological polar surface area (TPSA) is 127 Å². The fraction of sp³-hybridized carbons (Fsp3) is 0.353. The van der Waals surface area contributed by atoms with E-state index in [1.54, 1.807) is 6.92 Å². The molecule has 0 saturated carbocycles. The van der Waals surface area contributed by atoms with Crippen molar-refractivity contribution in [1.82, 2.24) is 14.9 Å². The molecule has 3 heterocycles. The minimum Gasteiger partial charge on any atom is -0.436 e. The lowest BCUT2D eigenvalue weighted by atomic mass is 9.91. The summed E-state index contributed by atoms with van der Waals surface area (Å²) in [7, 11) is 1.49. The second kappa shape index (κ2) is 6.87. The minimum atomic E-state index is -4.87. The molecule has 1 aliphatic rings. The quantitative estimate of drug-likeness (QED) is 0.797. The van der Waals surface area contributed by atoms with Gasteiger partial charge in [-0.15, -0.1) is 0 Å². The lowest BCUT2D eigenvalue weighted by molar-refractivity contribution is -0.153. The van der Waals surface area contributed by atoms with Gasteiger partial charge in [-0.1, -0.05) is 0 Å². The molecule has 2 aromatic rings. The highest BCUT2D eigenvalue weighted by Crippen LogP contribution is 2.34. The predicted octanol–water partition coefficient (Wildman–Crippen LogP) is 2.04. The van der Waals surface area contributed by atoms with E-state index in [-0.39, 0.29) is 29.9 Å². The van der Waals surface area contributed by atoms with Gasteiger partial charge in [-0.25, -0.2) is 9.98 Å². The zero-order valence-electron chi connectivity index (χ0n) is 15.7. The van der Waals surface area contributed by atoms with Gasteiger partial charge in [0.15, 0.2) is 17.5 Å². The van der Waals surface area contributed by atoms with E-state index in [4.69, 9.17) is 5.73 Å². The fourth-order valence-corrected chi connectivity index (χ4v) is 2.82. The van der Waals surface area contributed by atoms with Gasteiger partial charge in [0.05, 0.1) is 12.1 Å². The molecule has 3 N–H and O–H groups in total. The number of oxazole rings is 1. The Morgan fingerprint density at radius 1 is 1.41 bits per heavy atom. The molecule has 3 rings (SSSR count). The summed E-state index contributed by atoms with van der Waals surface area (Å²) in [5.74, 6) is -3.14. The minimum absolute atomic E-state index is 0.00730. The first-order valence-corrected chi connectivity index (χ1v) is 8.35. The third kappa shape index (κ3) is 3.91. The van der Waals surface area contributed by atoms with Crippen LogP contribution in [0.4, 0.5) is 18.9 Å². The van der Waals surface area contributed by atoms with E-state index in [0.717, 1.165) is 0 Å². The van der Waals surface area contributed by atoms with Gasteiger partial charge in [0, 0.05) is 25.9 Å². The average Bonchev–Trinajstić information content (AvgIpc) is 3.02. The van der Waals surface area contributed by atoms with Crippen molar-refractivity contribution in [3.63, 3.8) is 0 Å². The molecule has 0 aromatic carbocycles. The summed E-state index contributed by atoms with van der Waals surface area (Å²) >= 11 is 0. The van der Waals surface area contributed by atoms with Gasteiger partial charge in [-0.05, 0) is 19.1 Å². The number of aliphatic imine (C=N–C) groups is 1. The summed E-state index contributed by atoms with van der Waals surface area (Å²) in [5, 5.41) is 2.34. The first-order chi connectivity index (χ1) is 13.4. The summed E-state index contributed by atoms with van der Waals surface area (Å²) < 4.78 is 43.6. The van der Waals surface area contributed by atoms with Gasteiger partial charge in [0.1, 0.15) is 5.54 Å². The summed E-state index contributed by atoms with van der Waals surface area (Å²) in [6.07, 6.45) is -3.55. The second-order valence-corrected chi connectivity index (χ2v) is 6.67. The van der Waals surface area contributed by atoms with Crippen LogP contribution in [0.1, 0.15) is 41.2 Å². The van der Waals surface area contributed by atoms with Crippen LogP contribution < -0.4 is 11.1 Å². The molecule has 12 heteroatoms. The highest BCUT2D eigenvalue weighted by atomic mass is 19.4. The van der Waals surface area contributed by atoms with Crippen molar-refractivity contribution < 1.29 is 27.2 Å². The zero-order valence-corrected chi connectivity index (χ0v) is 15.7. The number of hydrogen-bond donors (Lipinski definition) is 2. The molecule has 0 aliphatic carbocycles. The Bertz CT molecular complexity index is 1020.